The van der Waals surface area contributed by atoms with Crippen LogP contribution in [0.1, 0.15) is 62.6 Å². The Kier molecular flexibility index (Phi) is 9.88. The summed E-state index contributed by atoms with van der Waals surface area (Å²) in [5.74, 6) is -2.29. The summed E-state index contributed by atoms with van der Waals surface area (Å²) in [5, 5.41) is 12.9. The molecule has 0 unspecified atom stereocenters. The first kappa shape index (κ1) is 26.5. The number of carboxylic acids is 1. The van der Waals surface area contributed by atoms with E-state index in [-0.39, 0.29) is 11.7 Å². The minimum absolute atomic E-state index is 0.153. The van der Waals surface area contributed by atoms with Crippen LogP contribution in [0.3, 0.4) is 0 Å². The number of hydrogen-bond acceptors (Lipinski definition) is 4. The van der Waals surface area contributed by atoms with Crippen LogP contribution in [0.2, 0.25) is 0 Å². The number of benzene rings is 2. The third-order valence-electron chi connectivity index (χ3n) is 6.79. The van der Waals surface area contributed by atoms with Gasteiger partial charge in [0.2, 0.25) is 5.91 Å². The number of carbonyl (C=O) groups is 3. The van der Waals surface area contributed by atoms with Crippen LogP contribution in [0.5, 0.6) is 5.75 Å². The van der Waals surface area contributed by atoms with Crippen molar-refractivity contribution in [2.45, 2.75) is 71.3 Å². The predicted octanol–water partition coefficient (Wildman–Crippen LogP) is 4.77. The molecule has 2 bridgehead atoms. The van der Waals surface area contributed by atoms with Crippen molar-refractivity contribution >= 4 is 17.7 Å². The molecule has 0 spiro atoms. The number of amides is 1. The van der Waals surface area contributed by atoms with Crippen molar-refractivity contribution in [3.05, 3.63) is 65.2 Å². The molecular formula is C29H37NO5. The average Bonchev–Trinajstić information content (AvgIpc) is 2.84. The molecule has 2 aliphatic heterocycles. The highest BCUT2D eigenvalue weighted by molar-refractivity contribution is 5.90. The van der Waals surface area contributed by atoms with Gasteiger partial charge < -0.3 is 15.2 Å². The van der Waals surface area contributed by atoms with Crippen LogP contribution in [-0.4, -0.2) is 35.4 Å². The van der Waals surface area contributed by atoms with Gasteiger partial charge in [-0.25, -0.2) is 0 Å². The second-order valence-electron chi connectivity index (χ2n) is 9.52. The summed E-state index contributed by atoms with van der Waals surface area (Å²) in [6.45, 7) is 4.09. The largest absolute Gasteiger partial charge is 0.494 e. The van der Waals surface area contributed by atoms with Crippen molar-refractivity contribution in [1.29, 1.82) is 0 Å². The lowest BCUT2D eigenvalue weighted by molar-refractivity contribution is -0.148. The minimum atomic E-state index is -0.972. The van der Waals surface area contributed by atoms with Crippen LogP contribution in [0.25, 0.3) is 0 Å². The third kappa shape index (κ3) is 7.94. The average molecular weight is 480 g/mol. The summed E-state index contributed by atoms with van der Waals surface area (Å²) in [6.07, 6.45) is 5.18. The summed E-state index contributed by atoms with van der Waals surface area (Å²) >= 11 is 0. The Hall–Kier alpha value is -3.15. The van der Waals surface area contributed by atoms with Gasteiger partial charge in [-0.15, -0.1) is 0 Å². The molecular weight excluding hydrogens is 442 g/mol. The molecule has 6 nitrogen and oxygen atoms in total. The van der Waals surface area contributed by atoms with Crippen molar-refractivity contribution in [2.75, 3.05) is 6.61 Å². The van der Waals surface area contributed by atoms with Gasteiger partial charge in [-0.1, -0.05) is 49.7 Å². The van der Waals surface area contributed by atoms with E-state index >= 15 is 0 Å². The lowest BCUT2D eigenvalue weighted by atomic mass is 9.82. The van der Waals surface area contributed by atoms with Crippen molar-refractivity contribution in [2.24, 2.45) is 11.8 Å². The van der Waals surface area contributed by atoms with E-state index in [0.29, 0.717) is 45.1 Å². The van der Waals surface area contributed by atoms with Gasteiger partial charge in [-0.05, 0) is 80.7 Å². The lowest BCUT2D eigenvalue weighted by Crippen LogP contribution is -2.47. The number of aryl methyl sites for hydroxylation is 2. The zero-order chi connectivity index (χ0) is 25.2. The molecule has 0 aliphatic carbocycles. The van der Waals surface area contributed by atoms with E-state index in [1.54, 1.807) is 0 Å². The second kappa shape index (κ2) is 13.1. The number of carboxylic acid groups (broad SMARTS) is 1. The number of aliphatic carboxylic acids is 1. The van der Waals surface area contributed by atoms with E-state index in [0.717, 1.165) is 29.7 Å². The lowest BCUT2D eigenvalue weighted by Gasteiger charge is -2.26. The third-order valence-corrected chi connectivity index (χ3v) is 6.79. The standard InChI is InChI=1S/C29H37NO5/c1-3-6-21-8-10-22(11-9-21)14-17-25-26(29(33)34)7-4-5-18-35-24-15-12-23(13-16-24)19-27(20(2)31)30-28(25)32/h8-13,15-16,25-27H,3-7,14,17-19H2,1-2H3,(H,30,32)(H,33,34)/t25-,26+,27+/m1/s1. The Bertz CT molecular complexity index is 983. The van der Waals surface area contributed by atoms with Gasteiger partial charge in [0.25, 0.3) is 0 Å². The van der Waals surface area contributed by atoms with Crippen LogP contribution < -0.4 is 10.1 Å². The van der Waals surface area contributed by atoms with Crippen LogP contribution in [0, 0.1) is 11.8 Å². The van der Waals surface area contributed by atoms with Crippen LogP contribution in [-0.2, 0) is 33.6 Å². The number of ketones is 1. The van der Waals surface area contributed by atoms with Crippen LogP contribution in [0.4, 0.5) is 0 Å². The number of Topliss-reactive ketones (excluding diaryl/α,β-unsaturated/α-hetero) is 1. The van der Waals surface area contributed by atoms with Gasteiger partial charge in [-0.2, -0.15) is 0 Å². The first-order valence-corrected chi connectivity index (χ1v) is 12.7. The van der Waals surface area contributed by atoms with Gasteiger partial charge >= 0.3 is 5.97 Å². The normalized spacial score (nSPS) is 21.3. The molecule has 0 radical (unpaired) electrons. The Morgan fingerprint density at radius 2 is 1.66 bits per heavy atom. The van der Waals surface area contributed by atoms with Crippen LogP contribution in [0.15, 0.2) is 48.5 Å². The van der Waals surface area contributed by atoms with Crippen molar-refractivity contribution in [3.8, 4) is 5.75 Å². The van der Waals surface area contributed by atoms with Gasteiger partial charge in [0.15, 0.2) is 5.78 Å². The Labute approximate surface area is 208 Å². The maximum atomic E-state index is 13.4. The molecule has 2 aliphatic rings. The molecule has 188 valence electrons. The topological polar surface area (TPSA) is 92.7 Å². The number of ether oxygens (including phenoxy) is 1. The molecule has 2 N–H and O–H groups in total. The first-order chi connectivity index (χ1) is 16.9. The fraction of sp³-hybridized carbons (Fsp3) is 0.483. The molecule has 0 fully saturated rings. The van der Waals surface area contributed by atoms with Gasteiger partial charge in [0.05, 0.1) is 24.5 Å². The fourth-order valence-corrected chi connectivity index (χ4v) is 4.68. The fourth-order valence-electron chi connectivity index (χ4n) is 4.68. The molecule has 4 rings (SSSR count). The number of fused-ring (bicyclic) bond motifs is 12. The maximum Gasteiger partial charge on any atom is 0.307 e. The van der Waals surface area contributed by atoms with Crippen molar-refractivity contribution < 1.29 is 24.2 Å². The van der Waals surface area contributed by atoms with Crippen LogP contribution >= 0.6 is 0 Å². The molecule has 0 saturated carbocycles. The summed E-state index contributed by atoms with van der Waals surface area (Å²) in [5.41, 5.74) is 3.26. The van der Waals surface area contributed by atoms with E-state index in [9.17, 15) is 19.5 Å². The zero-order valence-corrected chi connectivity index (χ0v) is 20.8. The predicted molar refractivity (Wildman–Crippen MR) is 135 cm³/mol. The van der Waals surface area contributed by atoms with E-state index in [2.05, 4.69) is 36.5 Å². The SMILES string of the molecule is CCCc1ccc(CC[C@H]2C(=O)N[C@H](C(C)=O)Cc3ccc(cc3)OCCCC[C@@H]2C(=O)O)cc1. The van der Waals surface area contributed by atoms with Crippen molar-refractivity contribution in [1.82, 2.24) is 5.32 Å². The molecule has 35 heavy (non-hydrogen) atoms. The van der Waals surface area contributed by atoms with Gasteiger partial charge in [0, 0.05) is 0 Å². The highest BCUT2D eigenvalue weighted by Gasteiger charge is 2.34. The van der Waals surface area contributed by atoms with E-state index in [1.165, 1.54) is 12.5 Å². The smallest absolute Gasteiger partial charge is 0.307 e. The van der Waals surface area contributed by atoms with E-state index < -0.39 is 23.8 Å². The zero-order valence-electron chi connectivity index (χ0n) is 20.8. The number of hydrogen-bond donors (Lipinski definition) is 2. The molecule has 3 atom stereocenters. The number of rotatable bonds is 7. The van der Waals surface area contributed by atoms with Gasteiger partial charge in [0.1, 0.15) is 5.75 Å². The van der Waals surface area contributed by atoms with Gasteiger partial charge in [-0.3, -0.25) is 14.4 Å². The molecule has 2 aromatic rings. The minimum Gasteiger partial charge on any atom is -0.494 e. The number of carbonyl (C=O) groups excluding carboxylic acids is 2. The summed E-state index contributed by atoms with van der Waals surface area (Å²) in [4.78, 5) is 38.1. The molecule has 6 heteroatoms. The number of nitrogens with one attached hydrogen (secondary N) is 1. The Morgan fingerprint density at radius 3 is 2.26 bits per heavy atom. The molecule has 2 heterocycles. The van der Waals surface area contributed by atoms with Crippen molar-refractivity contribution in [3.63, 3.8) is 0 Å². The Balaban J connectivity index is 1.82. The summed E-state index contributed by atoms with van der Waals surface area (Å²) in [6, 6.07) is 15.1. The quantitative estimate of drug-likeness (QED) is 0.597. The molecule has 2 aromatic carbocycles. The monoisotopic (exact) mass is 479 g/mol. The summed E-state index contributed by atoms with van der Waals surface area (Å²) < 4.78 is 5.79. The van der Waals surface area contributed by atoms with E-state index in [1.807, 2.05) is 24.3 Å². The molecule has 0 saturated heterocycles. The highest BCUT2D eigenvalue weighted by atomic mass is 16.5. The highest BCUT2D eigenvalue weighted by Crippen LogP contribution is 2.26. The molecule has 0 aromatic heterocycles. The maximum absolute atomic E-state index is 13.4. The van der Waals surface area contributed by atoms with E-state index in [4.69, 9.17) is 4.74 Å². The Morgan fingerprint density at radius 1 is 1.00 bits per heavy atom. The second-order valence-corrected chi connectivity index (χ2v) is 9.52. The molecule has 1 amide bonds. The summed E-state index contributed by atoms with van der Waals surface area (Å²) in [7, 11) is 0. The first-order valence-electron chi connectivity index (χ1n) is 12.7.